The first kappa shape index (κ1) is 20.1. The number of benzene rings is 2. The summed E-state index contributed by atoms with van der Waals surface area (Å²) in [6.45, 7) is 3.23. The number of hydrogen-bond acceptors (Lipinski definition) is 5. The van der Waals surface area contributed by atoms with Crippen LogP contribution >= 0.6 is 11.3 Å². The summed E-state index contributed by atoms with van der Waals surface area (Å²) in [5.41, 5.74) is 3.10. The lowest BCUT2D eigenvalue weighted by molar-refractivity contribution is 0.0602. The lowest BCUT2D eigenvalue weighted by Crippen LogP contribution is -2.22. The molecule has 3 aromatic rings. The fourth-order valence-electron chi connectivity index (χ4n) is 2.79. The molecular weight excluding hydrogens is 394 g/mol. The van der Waals surface area contributed by atoms with Crippen LogP contribution in [-0.4, -0.2) is 26.7 Å². The quantitative estimate of drug-likeness (QED) is 0.574. The van der Waals surface area contributed by atoms with Crippen molar-refractivity contribution in [1.29, 1.82) is 0 Å². The number of nitrogens with one attached hydrogen (secondary N) is 1. The molecule has 0 aliphatic heterocycles. The molecule has 0 bridgehead atoms. The van der Waals surface area contributed by atoms with Crippen LogP contribution in [0.4, 0.5) is 5.69 Å². The van der Waals surface area contributed by atoms with E-state index in [0.29, 0.717) is 21.7 Å². The minimum atomic E-state index is -3.51. The number of rotatable bonds is 6. The number of anilines is 1. The number of ether oxygens (including phenoxy) is 1. The number of sulfonamides is 1. The van der Waals surface area contributed by atoms with Gasteiger partial charge < -0.3 is 4.74 Å². The van der Waals surface area contributed by atoms with E-state index in [9.17, 15) is 13.2 Å². The maximum absolute atomic E-state index is 12.7. The van der Waals surface area contributed by atoms with Crippen LogP contribution in [0.5, 0.6) is 0 Å². The topological polar surface area (TPSA) is 72.5 Å². The van der Waals surface area contributed by atoms with Gasteiger partial charge in [0.1, 0.15) is 0 Å². The van der Waals surface area contributed by atoms with Crippen molar-refractivity contribution >= 4 is 33.0 Å². The molecule has 146 valence electrons. The highest BCUT2D eigenvalue weighted by Gasteiger charge is 2.24. The average molecular weight is 416 g/mol. The van der Waals surface area contributed by atoms with Crippen LogP contribution in [0.3, 0.4) is 0 Å². The molecule has 1 aromatic heterocycles. The van der Waals surface area contributed by atoms with E-state index in [2.05, 4.69) is 4.72 Å². The summed E-state index contributed by atoms with van der Waals surface area (Å²) >= 11 is 1.37. The van der Waals surface area contributed by atoms with Crippen LogP contribution in [0.25, 0.3) is 21.6 Å². The Kier molecular flexibility index (Phi) is 5.86. The second-order valence-electron chi connectivity index (χ2n) is 6.44. The highest BCUT2D eigenvalue weighted by molar-refractivity contribution is 7.93. The summed E-state index contributed by atoms with van der Waals surface area (Å²) in [7, 11) is -2.17. The highest BCUT2D eigenvalue weighted by Crippen LogP contribution is 2.40. The fourth-order valence-corrected chi connectivity index (χ4v) is 4.45. The zero-order valence-corrected chi connectivity index (χ0v) is 17.4. The smallest absolute Gasteiger partial charge is 0.339 e. The van der Waals surface area contributed by atoms with E-state index >= 15 is 0 Å². The summed E-state index contributed by atoms with van der Waals surface area (Å²) in [6.07, 6.45) is 0. The lowest BCUT2D eigenvalue weighted by Gasteiger charge is -2.15. The molecule has 0 saturated carbocycles. The Labute approximate surface area is 169 Å². The van der Waals surface area contributed by atoms with Gasteiger partial charge in [-0.15, -0.1) is 11.3 Å². The van der Waals surface area contributed by atoms with Crippen molar-refractivity contribution < 1.29 is 17.9 Å². The Balaban J connectivity index is 2.19. The predicted molar refractivity (Wildman–Crippen MR) is 114 cm³/mol. The summed E-state index contributed by atoms with van der Waals surface area (Å²) in [5, 5.41) is 1.22. The summed E-state index contributed by atoms with van der Waals surface area (Å²) in [5.74, 6) is -0.472. The molecular formula is C21H21NO4S2. The van der Waals surface area contributed by atoms with Crippen LogP contribution in [-0.2, 0) is 14.8 Å². The van der Waals surface area contributed by atoms with Crippen molar-refractivity contribution in [2.75, 3.05) is 11.8 Å². The molecule has 5 nitrogen and oxygen atoms in total. The number of carbonyl (C=O) groups is 1. The van der Waals surface area contributed by atoms with Crippen LogP contribution in [0.15, 0.2) is 60.0 Å². The molecule has 0 radical (unpaired) electrons. The zero-order valence-electron chi connectivity index (χ0n) is 15.8. The van der Waals surface area contributed by atoms with Gasteiger partial charge in [-0.2, -0.15) is 0 Å². The van der Waals surface area contributed by atoms with Gasteiger partial charge >= 0.3 is 5.97 Å². The number of esters is 1. The van der Waals surface area contributed by atoms with E-state index < -0.39 is 21.2 Å². The standard InChI is InChI=1S/C21H21NO4S2/c1-14(2)28(24,25)22-18-12-13-27-20(18)17-11-7-10-16(19(17)21(23)26-3)15-8-5-4-6-9-15/h4-14,22H,1-3H3. The molecule has 0 spiro atoms. The SMILES string of the molecule is COC(=O)c1c(-c2ccccc2)cccc1-c1sccc1NS(=O)(=O)C(C)C. The van der Waals surface area contributed by atoms with Crippen molar-refractivity contribution in [3.05, 3.63) is 65.5 Å². The number of hydrogen-bond donors (Lipinski definition) is 1. The molecule has 0 unspecified atom stereocenters. The molecule has 28 heavy (non-hydrogen) atoms. The predicted octanol–water partition coefficient (Wildman–Crippen LogP) is 5.02. The van der Waals surface area contributed by atoms with Gasteiger partial charge in [0.2, 0.25) is 10.0 Å². The molecule has 1 N–H and O–H groups in total. The van der Waals surface area contributed by atoms with Crippen molar-refractivity contribution in [2.24, 2.45) is 0 Å². The molecule has 0 aliphatic rings. The van der Waals surface area contributed by atoms with E-state index in [4.69, 9.17) is 4.74 Å². The minimum Gasteiger partial charge on any atom is -0.465 e. The van der Waals surface area contributed by atoms with Gasteiger partial charge in [-0.25, -0.2) is 13.2 Å². The summed E-state index contributed by atoms with van der Waals surface area (Å²) in [4.78, 5) is 13.3. The van der Waals surface area contributed by atoms with Crippen LogP contribution in [0.1, 0.15) is 24.2 Å². The summed E-state index contributed by atoms with van der Waals surface area (Å²) < 4.78 is 32.4. The third-order valence-corrected chi connectivity index (χ3v) is 7.01. The van der Waals surface area contributed by atoms with Gasteiger partial charge in [-0.3, -0.25) is 4.72 Å². The Bertz CT molecular complexity index is 1090. The van der Waals surface area contributed by atoms with Gasteiger partial charge in [0.05, 0.1) is 28.5 Å². The maximum atomic E-state index is 12.7. The normalized spacial score (nSPS) is 11.4. The number of methoxy groups -OCH3 is 1. The molecule has 0 saturated heterocycles. The van der Waals surface area contributed by atoms with Gasteiger partial charge in [0.15, 0.2) is 0 Å². The zero-order chi connectivity index (χ0) is 20.3. The van der Waals surface area contributed by atoms with Crippen molar-refractivity contribution in [3.63, 3.8) is 0 Å². The molecule has 1 heterocycles. The van der Waals surface area contributed by atoms with Gasteiger partial charge in [-0.05, 0) is 36.4 Å². The molecule has 2 aromatic carbocycles. The largest absolute Gasteiger partial charge is 0.465 e. The Morgan fingerprint density at radius 1 is 1.00 bits per heavy atom. The van der Waals surface area contributed by atoms with E-state index in [-0.39, 0.29) is 0 Å². The molecule has 0 amide bonds. The second-order valence-corrected chi connectivity index (χ2v) is 9.60. The monoisotopic (exact) mass is 415 g/mol. The Morgan fingerprint density at radius 2 is 1.68 bits per heavy atom. The third-order valence-electron chi connectivity index (χ3n) is 4.32. The lowest BCUT2D eigenvalue weighted by atomic mass is 9.94. The fraction of sp³-hybridized carbons (Fsp3) is 0.190. The number of thiophene rings is 1. The first-order valence-corrected chi connectivity index (χ1v) is 11.1. The Hall–Kier alpha value is -2.64. The van der Waals surface area contributed by atoms with Crippen molar-refractivity contribution in [2.45, 2.75) is 19.1 Å². The van der Waals surface area contributed by atoms with Crippen LogP contribution < -0.4 is 4.72 Å². The molecule has 3 rings (SSSR count). The second kappa shape index (κ2) is 8.16. The van der Waals surface area contributed by atoms with E-state index in [1.54, 1.807) is 31.4 Å². The van der Waals surface area contributed by atoms with Gasteiger partial charge in [-0.1, -0.05) is 48.5 Å². The van der Waals surface area contributed by atoms with Gasteiger partial charge in [0, 0.05) is 5.56 Å². The average Bonchev–Trinajstić information content (AvgIpc) is 3.14. The van der Waals surface area contributed by atoms with Crippen molar-refractivity contribution in [1.82, 2.24) is 0 Å². The minimum absolute atomic E-state index is 0.406. The van der Waals surface area contributed by atoms with Crippen LogP contribution in [0, 0.1) is 0 Å². The number of carbonyl (C=O) groups excluding carboxylic acids is 1. The van der Waals surface area contributed by atoms with Crippen LogP contribution in [0.2, 0.25) is 0 Å². The van der Waals surface area contributed by atoms with Gasteiger partial charge in [0.25, 0.3) is 0 Å². The Morgan fingerprint density at radius 3 is 2.32 bits per heavy atom. The first-order chi connectivity index (χ1) is 13.3. The molecule has 0 atom stereocenters. The molecule has 7 heteroatoms. The van der Waals surface area contributed by atoms with E-state index in [0.717, 1.165) is 11.1 Å². The molecule has 0 aliphatic carbocycles. The maximum Gasteiger partial charge on any atom is 0.339 e. The highest BCUT2D eigenvalue weighted by atomic mass is 32.2. The third kappa shape index (κ3) is 3.95. The van der Waals surface area contributed by atoms with E-state index in [1.165, 1.54) is 18.4 Å². The first-order valence-electron chi connectivity index (χ1n) is 8.71. The van der Waals surface area contributed by atoms with Crippen molar-refractivity contribution in [3.8, 4) is 21.6 Å². The summed E-state index contributed by atoms with van der Waals surface area (Å²) in [6, 6.07) is 16.8. The molecule has 0 fully saturated rings. The van der Waals surface area contributed by atoms with E-state index in [1.807, 2.05) is 42.5 Å².